The number of rotatable bonds is 4. The molecule has 3 nitrogen and oxygen atoms in total. The molecule has 1 aromatic carbocycles. The van der Waals surface area contributed by atoms with Crippen LogP contribution in [0.3, 0.4) is 0 Å². The fourth-order valence-electron chi connectivity index (χ4n) is 2.85. The number of benzene rings is 1. The van der Waals surface area contributed by atoms with Crippen molar-refractivity contribution in [3.63, 3.8) is 0 Å². The Balaban J connectivity index is 2.11. The maximum absolute atomic E-state index is 10.4. The van der Waals surface area contributed by atoms with Crippen LogP contribution >= 0.6 is 11.6 Å². The Bertz CT molecular complexity index is 442. The number of hydrogen-bond acceptors (Lipinski definition) is 3. The third-order valence-corrected chi connectivity index (χ3v) is 4.31. The van der Waals surface area contributed by atoms with Crippen molar-refractivity contribution in [2.75, 3.05) is 18.5 Å². The molecule has 0 amide bonds. The van der Waals surface area contributed by atoms with Crippen molar-refractivity contribution >= 4 is 17.3 Å². The topological polar surface area (TPSA) is 49.5 Å². The van der Waals surface area contributed by atoms with E-state index in [0.717, 1.165) is 36.9 Å². The van der Waals surface area contributed by atoms with Gasteiger partial charge >= 0.3 is 0 Å². The van der Waals surface area contributed by atoms with E-state index in [9.17, 15) is 5.11 Å². The average molecular weight is 283 g/mol. The molecule has 0 bridgehead atoms. The molecule has 2 rings (SSSR count). The van der Waals surface area contributed by atoms with E-state index in [1.807, 2.05) is 32.2 Å². The first-order chi connectivity index (χ1) is 8.91. The Labute approximate surface area is 120 Å². The second-order valence-electron chi connectivity index (χ2n) is 5.78. The van der Waals surface area contributed by atoms with Gasteiger partial charge in [0.05, 0.1) is 5.60 Å². The molecule has 1 atom stereocenters. The van der Waals surface area contributed by atoms with Crippen LogP contribution in [0.2, 0.25) is 5.02 Å². The Morgan fingerprint density at radius 1 is 1.42 bits per heavy atom. The number of nitrogens with two attached hydrogens (primary N) is 1. The minimum atomic E-state index is -0.541. The molecule has 3 N–H and O–H groups in total. The van der Waals surface area contributed by atoms with E-state index in [0.29, 0.717) is 11.6 Å². The Morgan fingerprint density at radius 2 is 2.05 bits per heavy atom. The van der Waals surface area contributed by atoms with Crippen LogP contribution in [0.15, 0.2) is 18.2 Å². The standard InChI is InChI=1S/C15H23ClN2O/c1-11(17)13-6-5-12(9-14(13)16)18(2)10-15(19)7-3-4-8-15/h5-6,9,11,19H,3-4,7-8,10,17H2,1-2H3. The van der Waals surface area contributed by atoms with Crippen LogP contribution in [0.25, 0.3) is 0 Å². The molecule has 0 heterocycles. The van der Waals surface area contributed by atoms with Crippen LogP contribution in [0, 0.1) is 0 Å². The molecule has 1 aliphatic rings. The highest BCUT2D eigenvalue weighted by molar-refractivity contribution is 6.31. The van der Waals surface area contributed by atoms with Crippen molar-refractivity contribution in [2.24, 2.45) is 5.73 Å². The highest BCUT2D eigenvalue weighted by atomic mass is 35.5. The summed E-state index contributed by atoms with van der Waals surface area (Å²) in [6.07, 6.45) is 4.02. The second-order valence-corrected chi connectivity index (χ2v) is 6.19. The number of aliphatic hydroxyl groups is 1. The van der Waals surface area contributed by atoms with Crippen molar-refractivity contribution in [1.82, 2.24) is 0 Å². The van der Waals surface area contributed by atoms with E-state index in [1.165, 1.54) is 0 Å². The summed E-state index contributed by atoms with van der Waals surface area (Å²) >= 11 is 6.25. The quantitative estimate of drug-likeness (QED) is 0.892. The number of anilines is 1. The van der Waals surface area contributed by atoms with Gasteiger partial charge in [-0.25, -0.2) is 0 Å². The van der Waals surface area contributed by atoms with Crippen molar-refractivity contribution in [1.29, 1.82) is 0 Å². The second kappa shape index (κ2) is 5.70. The molecule has 1 aliphatic carbocycles. The van der Waals surface area contributed by atoms with E-state index in [1.54, 1.807) is 0 Å². The van der Waals surface area contributed by atoms with E-state index < -0.39 is 5.60 Å². The summed E-state index contributed by atoms with van der Waals surface area (Å²) in [5.74, 6) is 0. The highest BCUT2D eigenvalue weighted by Crippen LogP contribution is 2.32. The van der Waals surface area contributed by atoms with Crippen LogP contribution < -0.4 is 10.6 Å². The summed E-state index contributed by atoms with van der Waals surface area (Å²) in [6, 6.07) is 5.85. The predicted octanol–water partition coefficient (Wildman–Crippen LogP) is 3.10. The van der Waals surface area contributed by atoms with Gasteiger partial charge in [0.1, 0.15) is 0 Å². The van der Waals surface area contributed by atoms with E-state index in [-0.39, 0.29) is 6.04 Å². The lowest BCUT2D eigenvalue weighted by Gasteiger charge is -2.30. The Morgan fingerprint density at radius 3 is 2.58 bits per heavy atom. The summed E-state index contributed by atoms with van der Waals surface area (Å²) in [4.78, 5) is 2.07. The van der Waals surface area contributed by atoms with Crippen molar-refractivity contribution in [3.8, 4) is 0 Å². The molecule has 106 valence electrons. The molecule has 4 heteroatoms. The molecular formula is C15H23ClN2O. The lowest BCUT2D eigenvalue weighted by atomic mass is 10.0. The summed E-state index contributed by atoms with van der Waals surface area (Å²) < 4.78 is 0. The van der Waals surface area contributed by atoms with Gasteiger partial charge in [0, 0.05) is 30.3 Å². The van der Waals surface area contributed by atoms with Gasteiger partial charge in [0.2, 0.25) is 0 Å². The van der Waals surface area contributed by atoms with Crippen molar-refractivity contribution in [3.05, 3.63) is 28.8 Å². The summed E-state index contributed by atoms with van der Waals surface area (Å²) in [5, 5.41) is 11.1. The smallest absolute Gasteiger partial charge is 0.0821 e. The molecule has 1 aromatic rings. The van der Waals surface area contributed by atoms with Gasteiger partial charge in [-0.2, -0.15) is 0 Å². The fraction of sp³-hybridized carbons (Fsp3) is 0.600. The minimum absolute atomic E-state index is 0.0640. The van der Waals surface area contributed by atoms with Crippen LogP contribution in [0.5, 0.6) is 0 Å². The van der Waals surface area contributed by atoms with Crippen LogP contribution in [0.4, 0.5) is 5.69 Å². The van der Waals surface area contributed by atoms with Crippen molar-refractivity contribution < 1.29 is 5.11 Å². The van der Waals surface area contributed by atoms with Crippen LogP contribution in [-0.2, 0) is 0 Å². The van der Waals surface area contributed by atoms with Gasteiger partial charge in [0.15, 0.2) is 0 Å². The zero-order chi connectivity index (χ0) is 14.0. The molecule has 0 aromatic heterocycles. The molecule has 0 saturated heterocycles. The van der Waals surface area contributed by atoms with Gasteiger partial charge in [-0.15, -0.1) is 0 Å². The van der Waals surface area contributed by atoms with Crippen molar-refractivity contribution in [2.45, 2.75) is 44.2 Å². The lowest BCUT2D eigenvalue weighted by molar-refractivity contribution is 0.0559. The molecule has 1 unspecified atom stereocenters. The molecule has 0 aliphatic heterocycles. The fourth-order valence-corrected chi connectivity index (χ4v) is 3.19. The first kappa shape index (κ1) is 14.6. The Kier molecular flexibility index (Phi) is 4.39. The third kappa shape index (κ3) is 3.41. The third-order valence-electron chi connectivity index (χ3n) is 3.98. The molecule has 1 fully saturated rings. The monoisotopic (exact) mass is 282 g/mol. The molecule has 0 spiro atoms. The zero-order valence-electron chi connectivity index (χ0n) is 11.7. The van der Waals surface area contributed by atoms with Gasteiger partial charge in [-0.3, -0.25) is 0 Å². The minimum Gasteiger partial charge on any atom is -0.388 e. The largest absolute Gasteiger partial charge is 0.388 e. The molecule has 19 heavy (non-hydrogen) atoms. The SMILES string of the molecule is CC(N)c1ccc(N(C)CC2(O)CCCC2)cc1Cl. The molecule has 1 saturated carbocycles. The van der Waals surface area contributed by atoms with Gasteiger partial charge in [-0.1, -0.05) is 30.5 Å². The lowest BCUT2D eigenvalue weighted by Crippen LogP contribution is -2.39. The average Bonchev–Trinajstić information content (AvgIpc) is 2.75. The van der Waals surface area contributed by atoms with E-state index >= 15 is 0 Å². The van der Waals surface area contributed by atoms with Gasteiger partial charge in [-0.05, 0) is 37.5 Å². The van der Waals surface area contributed by atoms with Gasteiger partial charge < -0.3 is 15.7 Å². The summed E-state index contributed by atoms with van der Waals surface area (Å²) in [7, 11) is 1.99. The summed E-state index contributed by atoms with van der Waals surface area (Å²) in [6.45, 7) is 2.58. The zero-order valence-corrected chi connectivity index (χ0v) is 12.5. The Hall–Kier alpha value is -0.770. The van der Waals surface area contributed by atoms with E-state index in [2.05, 4.69) is 4.90 Å². The first-order valence-corrected chi connectivity index (χ1v) is 7.28. The maximum Gasteiger partial charge on any atom is 0.0821 e. The van der Waals surface area contributed by atoms with E-state index in [4.69, 9.17) is 17.3 Å². The highest BCUT2D eigenvalue weighted by Gasteiger charge is 2.32. The normalized spacial score (nSPS) is 19.4. The van der Waals surface area contributed by atoms with Gasteiger partial charge in [0.25, 0.3) is 0 Å². The first-order valence-electron chi connectivity index (χ1n) is 6.90. The number of nitrogens with zero attached hydrogens (tertiary/aromatic N) is 1. The maximum atomic E-state index is 10.4. The number of halogens is 1. The number of likely N-dealkylation sites (N-methyl/N-ethyl adjacent to an activating group) is 1. The summed E-state index contributed by atoms with van der Waals surface area (Å²) in [5.41, 5.74) is 7.29. The van der Waals surface area contributed by atoms with Crippen LogP contribution in [-0.4, -0.2) is 24.3 Å². The predicted molar refractivity (Wildman–Crippen MR) is 80.7 cm³/mol. The van der Waals surface area contributed by atoms with Crippen LogP contribution in [0.1, 0.15) is 44.2 Å². The molecule has 0 radical (unpaired) electrons. The molecular weight excluding hydrogens is 260 g/mol. The number of hydrogen-bond donors (Lipinski definition) is 2.